The molecule has 0 radical (unpaired) electrons. The first kappa shape index (κ1) is 35.7. The van der Waals surface area contributed by atoms with E-state index in [2.05, 4.69) is 238 Å². The maximum Gasteiger partial charge on any atom is 0.139 e. The van der Waals surface area contributed by atoms with Crippen LogP contribution in [0.2, 0.25) is 0 Å². The summed E-state index contributed by atoms with van der Waals surface area (Å²) < 4.78 is 7.07. The maximum atomic E-state index is 7.07. The summed E-state index contributed by atoms with van der Waals surface area (Å²) in [5.41, 5.74) is 17.5. The van der Waals surface area contributed by atoms with Gasteiger partial charge in [0.1, 0.15) is 11.0 Å². The minimum Gasteiger partial charge on any atom is -0.456 e. The Labute approximate surface area is 351 Å². The molecule has 0 aliphatic heterocycles. The van der Waals surface area contributed by atoms with E-state index in [-0.39, 0.29) is 0 Å². The second-order valence-electron chi connectivity index (χ2n) is 16.1. The summed E-state index contributed by atoms with van der Waals surface area (Å²) in [5.74, 6) is 0. The molecule has 8 aromatic carbocycles. The molecule has 0 amide bonds. The van der Waals surface area contributed by atoms with E-state index in [1.807, 2.05) is 0 Å². The topological polar surface area (TPSA) is 16.4 Å². The molecule has 60 heavy (non-hydrogen) atoms. The van der Waals surface area contributed by atoms with Crippen molar-refractivity contribution in [2.75, 3.05) is 4.90 Å². The molecule has 11 rings (SSSR count). The third-order valence-electron chi connectivity index (χ3n) is 13.1. The van der Waals surface area contributed by atoms with Gasteiger partial charge in [-0.2, -0.15) is 0 Å². The van der Waals surface area contributed by atoms with Crippen molar-refractivity contribution in [2.45, 2.75) is 24.7 Å². The number of furan rings is 1. The third kappa shape index (κ3) is 5.07. The summed E-state index contributed by atoms with van der Waals surface area (Å²) >= 11 is 0. The number of anilines is 3. The number of fused-ring (bicyclic) bond motifs is 7. The maximum absolute atomic E-state index is 7.07. The highest BCUT2D eigenvalue weighted by Crippen LogP contribution is 2.57. The lowest BCUT2D eigenvalue weighted by Gasteiger charge is -2.35. The van der Waals surface area contributed by atoms with E-state index in [9.17, 15) is 0 Å². The zero-order chi connectivity index (χ0) is 40.4. The summed E-state index contributed by atoms with van der Waals surface area (Å²) in [5, 5.41) is 1.90. The normalized spacial score (nSPS) is 14.7. The number of allylic oxidation sites excluding steroid dienone is 2. The minimum atomic E-state index is -0.512. The quantitative estimate of drug-likeness (QED) is 0.161. The van der Waals surface area contributed by atoms with Gasteiger partial charge in [0.15, 0.2) is 0 Å². The van der Waals surface area contributed by atoms with Gasteiger partial charge in [0.2, 0.25) is 0 Å². The SMILES string of the molecule is C=c1/c(=C(\C=C/C)C2(C)c3ccccc3-c3ccccc32)oc2cc(N(c3ccccc3)c3ccc4c(c3)C(c3ccccc3)(c3ccccc3)c3ccccc3-4)ccc12. The Balaban J connectivity index is 1.13. The number of rotatable bonds is 7. The van der Waals surface area contributed by atoms with Crippen LogP contribution in [0.15, 0.2) is 217 Å². The van der Waals surface area contributed by atoms with Gasteiger partial charge in [-0.3, -0.25) is 0 Å². The summed E-state index contributed by atoms with van der Waals surface area (Å²) in [6, 6.07) is 72.7. The van der Waals surface area contributed by atoms with Crippen molar-refractivity contribution in [1.82, 2.24) is 0 Å². The zero-order valence-corrected chi connectivity index (χ0v) is 33.8. The lowest BCUT2D eigenvalue weighted by atomic mass is 9.67. The van der Waals surface area contributed by atoms with Crippen LogP contribution < -0.4 is 15.5 Å². The number of nitrogens with zero attached hydrogens (tertiary/aromatic N) is 1. The minimum absolute atomic E-state index is 0.440. The van der Waals surface area contributed by atoms with Gasteiger partial charge in [0, 0.05) is 44.7 Å². The monoisotopic (exact) mass is 769 g/mol. The van der Waals surface area contributed by atoms with E-state index in [1.54, 1.807) is 0 Å². The van der Waals surface area contributed by atoms with Crippen LogP contribution in [0.5, 0.6) is 0 Å². The highest BCUT2D eigenvalue weighted by atomic mass is 16.3. The first-order valence-corrected chi connectivity index (χ1v) is 20.8. The van der Waals surface area contributed by atoms with Crippen LogP contribution >= 0.6 is 0 Å². The van der Waals surface area contributed by atoms with Crippen LogP contribution in [-0.4, -0.2) is 0 Å². The predicted octanol–water partition coefficient (Wildman–Crippen LogP) is 13.4. The molecule has 286 valence electrons. The van der Waals surface area contributed by atoms with Crippen LogP contribution in [0.4, 0.5) is 17.1 Å². The molecule has 0 bridgehead atoms. The van der Waals surface area contributed by atoms with Crippen LogP contribution in [0.1, 0.15) is 47.2 Å². The predicted molar refractivity (Wildman–Crippen MR) is 250 cm³/mol. The van der Waals surface area contributed by atoms with E-state index in [0.29, 0.717) is 0 Å². The Morgan fingerprint density at radius 2 is 0.983 bits per heavy atom. The summed E-state index contributed by atoms with van der Waals surface area (Å²) in [6.07, 6.45) is 4.34. The van der Waals surface area contributed by atoms with Gasteiger partial charge in [-0.15, -0.1) is 0 Å². The molecule has 0 saturated carbocycles. The molecule has 0 unspecified atom stereocenters. The van der Waals surface area contributed by atoms with E-state index >= 15 is 0 Å². The fraction of sp³-hybridized carbons (Fsp3) is 0.0690. The molecule has 2 aliphatic carbocycles. The Morgan fingerprint density at radius 1 is 0.500 bits per heavy atom. The van der Waals surface area contributed by atoms with Crippen molar-refractivity contribution >= 4 is 40.2 Å². The highest BCUT2D eigenvalue weighted by Gasteiger charge is 2.46. The van der Waals surface area contributed by atoms with Gasteiger partial charge in [-0.25, -0.2) is 0 Å². The molecule has 1 heterocycles. The molecule has 2 aliphatic rings. The van der Waals surface area contributed by atoms with Crippen LogP contribution in [0, 0.1) is 0 Å². The number of benzene rings is 8. The smallest absolute Gasteiger partial charge is 0.139 e. The van der Waals surface area contributed by atoms with Crippen molar-refractivity contribution in [2.24, 2.45) is 0 Å². The molecular formula is C58H43NO. The molecular weight excluding hydrogens is 727 g/mol. The number of hydrogen-bond acceptors (Lipinski definition) is 2. The molecule has 0 saturated heterocycles. The standard InChI is InChI=1S/C58H43NO/c1-4-20-53(57(3)50-30-17-14-27-46(50)47-28-15-18-31-51(47)57)56-39(2)45-35-33-44(38-55(45)60-56)59(42-25-12-7-13-26-42)43-34-36-49-48-29-16-19-32-52(48)58(54(49)37-43,40-21-8-5-9-22-40)41-23-10-6-11-24-41/h4-38H,2H2,1,3H3/b20-4-,56-53-. The van der Waals surface area contributed by atoms with Crippen molar-refractivity contribution < 1.29 is 4.42 Å². The molecule has 0 N–H and O–H groups in total. The van der Waals surface area contributed by atoms with E-state index in [1.165, 1.54) is 55.6 Å². The second kappa shape index (κ2) is 13.9. The van der Waals surface area contributed by atoms with E-state index in [0.717, 1.165) is 44.2 Å². The van der Waals surface area contributed by atoms with Crippen molar-refractivity contribution in [3.63, 3.8) is 0 Å². The molecule has 2 heteroatoms. The molecule has 2 nitrogen and oxygen atoms in total. The Hall–Kier alpha value is -7.42. The lowest BCUT2D eigenvalue weighted by Crippen LogP contribution is -2.32. The van der Waals surface area contributed by atoms with Crippen LogP contribution in [0.25, 0.3) is 45.4 Å². The Bertz CT molecular complexity index is 3160. The number of para-hydroxylation sites is 1. The molecule has 0 spiro atoms. The molecule has 9 aromatic rings. The van der Waals surface area contributed by atoms with Crippen molar-refractivity contribution in [3.8, 4) is 22.3 Å². The fourth-order valence-corrected chi connectivity index (χ4v) is 10.5. The summed E-state index contributed by atoms with van der Waals surface area (Å²) in [6.45, 7) is 9.10. The summed E-state index contributed by atoms with van der Waals surface area (Å²) in [4.78, 5) is 2.36. The van der Waals surface area contributed by atoms with Gasteiger partial charge >= 0.3 is 0 Å². The Kier molecular flexibility index (Phi) is 8.25. The Morgan fingerprint density at radius 3 is 1.58 bits per heavy atom. The summed E-state index contributed by atoms with van der Waals surface area (Å²) in [7, 11) is 0. The second-order valence-corrected chi connectivity index (χ2v) is 16.1. The average molecular weight is 770 g/mol. The molecule has 1 aromatic heterocycles. The van der Waals surface area contributed by atoms with Gasteiger partial charge in [-0.05, 0) is 106 Å². The largest absolute Gasteiger partial charge is 0.456 e. The van der Waals surface area contributed by atoms with Crippen molar-refractivity contribution in [3.05, 3.63) is 256 Å². The first-order chi connectivity index (χ1) is 29.5. The number of hydrogen-bond donors (Lipinski definition) is 0. The van der Waals surface area contributed by atoms with E-state index in [4.69, 9.17) is 4.42 Å². The van der Waals surface area contributed by atoms with Gasteiger partial charge in [0.25, 0.3) is 0 Å². The van der Waals surface area contributed by atoms with Crippen molar-refractivity contribution in [1.29, 1.82) is 0 Å². The van der Waals surface area contributed by atoms with Crippen LogP contribution in [0.3, 0.4) is 0 Å². The van der Waals surface area contributed by atoms with Gasteiger partial charge in [-0.1, -0.05) is 176 Å². The van der Waals surface area contributed by atoms with Gasteiger partial charge in [0.05, 0.1) is 5.41 Å². The average Bonchev–Trinajstić information content (AvgIpc) is 3.89. The van der Waals surface area contributed by atoms with Gasteiger partial charge < -0.3 is 9.32 Å². The third-order valence-corrected chi connectivity index (χ3v) is 13.1. The molecule has 0 fully saturated rings. The molecule has 0 atom stereocenters. The first-order valence-electron chi connectivity index (χ1n) is 20.8. The van der Waals surface area contributed by atoms with E-state index < -0.39 is 10.8 Å². The fourth-order valence-electron chi connectivity index (χ4n) is 10.5. The zero-order valence-electron chi connectivity index (χ0n) is 33.8. The van der Waals surface area contributed by atoms with Crippen LogP contribution in [-0.2, 0) is 10.8 Å². The highest BCUT2D eigenvalue weighted by molar-refractivity contribution is 5.93. The lowest BCUT2D eigenvalue weighted by molar-refractivity contribution is 0.563.